The van der Waals surface area contributed by atoms with Gasteiger partial charge in [-0.25, -0.2) is 13.8 Å². The first kappa shape index (κ1) is 42.2. The summed E-state index contributed by atoms with van der Waals surface area (Å²) < 4.78 is 66.4. The minimum Gasteiger partial charge on any atom is -0.453 e. The van der Waals surface area contributed by atoms with Crippen molar-refractivity contribution < 1.29 is 36.6 Å². The Balaban J connectivity index is 0.861. The summed E-state index contributed by atoms with van der Waals surface area (Å²) in [5.74, 6) is -2.21. The van der Waals surface area contributed by atoms with Gasteiger partial charge in [-0.3, -0.25) is 29.0 Å². The molecule has 2 saturated carbocycles. The third kappa shape index (κ3) is 8.69. The van der Waals surface area contributed by atoms with E-state index < -0.39 is 45.9 Å². The number of amides is 2. The number of imide groups is 1. The summed E-state index contributed by atoms with van der Waals surface area (Å²) in [4.78, 5) is 44.6. The van der Waals surface area contributed by atoms with E-state index in [9.17, 15) is 28.1 Å². The van der Waals surface area contributed by atoms with E-state index in [1.165, 1.54) is 25.2 Å². The zero-order valence-electron chi connectivity index (χ0n) is 33.7. The van der Waals surface area contributed by atoms with Gasteiger partial charge in [0.25, 0.3) is 5.56 Å². The second-order valence-electron chi connectivity index (χ2n) is 16.8. The van der Waals surface area contributed by atoms with Gasteiger partial charge in [0.15, 0.2) is 11.6 Å². The van der Waals surface area contributed by atoms with Crippen LogP contribution in [0.2, 0.25) is 0 Å². The fourth-order valence-corrected chi connectivity index (χ4v) is 10.5. The number of carbonyl (C=O) groups is 2. The monoisotopic (exact) mass is 858 g/mol. The van der Waals surface area contributed by atoms with Crippen molar-refractivity contribution in [1.29, 1.82) is 5.26 Å². The third-order valence-corrected chi connectivity index (χ3v) is 14.6. The molecule has 4 fully saturated rings. The number of anilines is 2. The maximum Gasteiger partial charge on any atom is 0.301 e. The summed E-state index contributed by atoms with van der Waals surface area (Å²) in [5.41, 5.74) is 0.891. The first-order valence-electron chi connectivity index (χ1n) is 20.7. The van der Waals surface area contributed by atoms with Crippen LogP contribution in [-0.2, 0) is 19.8 Å². The highest BCUT2D eigenvalue weighted by Crippen LogP contribution is 2.55. The molecule has 3 heterocycles. The second-order valence-corrected chi connectivity index (χ2v) is 18.6. The predicted octanol–water partition coefficient (Wildman–Crippen LogP) is 5.28. The van der Waals surface area contributed by atoms with E-state index in [0.29, 0.717) is 29.2 Å². The fraction of sp³-hybridized carbons (Fsp3) is 0.465. The maximum atomic E-state index is 15.3. The molecule has 18 heteroatoms. The first-order valence-corrected chi connectivity index (χ1v) is 22.1. The normalized spacial score (nSPS) is 22.1. The molecule has 1 spiro atoms. The van der Waals surface area contributed by atoms with Gasteiger partial charge >= 0.3 is 10.2 Å². The number of nitriles is 1. The molecule has 1 unspecified atom stereocenters. The molecule has 2 amide bonds. The van der Waals surface area contributed by atoms with Gasteiger partial charge in [-0.05, 0) is 130 Å². The molecule has 1 atom stereocenters. The minimum atomic E-state index is -4.18. The number of aromatic nitrogens is 2. The average Bonchev–Trinajstić information content (AvgIpc) is 3.23. The smallest absolute Gasteiger partial charge is 0.301 e. The number of piperidine rings is 2. The number of aliphatic hydroxyl groups is 1. The topological polar surface area (TPSA) is 199 Å². The number of benzene rings is 3. The molecule has 61 heavy (non-hydrogen) atoms. The molecular formula is C43H48F2N8O7S. The molecule has 0 bridgehead atoms. The summed E-state index contributed by atoms with van der Waals surface area (Å²) in [5, 5.41) is 24.7. The molecule has 1 aromatic heterocycles. The lowest BCUT2D eigenvalue weighted by molar-refractivity contribution is -0.133. The van der Waals surface area contributed by atoms with E-state index in [2.05, 4.69) is 25.2 Å². The zero-order chi connectivity index (χ0) is 43.1. The van der Waals surface area contributed by atoms with Gasteiger partial charge in [0.05, 0.1) is 29.5 Å². The van der Waals surface area contributed by atoms with Gasteiger partial charge < -0.3 is 20.1 Å². The molecule has 8 rings (SSSR count). The molecule has 4 aliphatic rings. The van der Waals surface area contributed by atoms with Gasteiger partial charge in [-0.2, -0.15) is 18.0 Å². The van der Waals surface area contributed by atoms with Crippen LogP contribution < -0.4 is 25.7 Å². The molecule has 0 radical (unpaired) electrons. The summed E-state index contributed by atoms with van der Waals surface area (Å²) in [6.45, 7) is 1.30. The molecule has 15 nitrogen and oxygen atoms in total. The van der Waals surface area contributed by atoms with Crippen molar-refractivity contribution in [3.8, 4) is 17.6 Å². The number of carbonyl (C=O) groups excluding carboxylic acids is 2. The van der Waals surface area contributed by atoms with Crippen LogP contribution in [0.5, 0.6) is 11.5 Å². The minimum absolute atomic E-state index is 0.0345. The standard InChI is InChI=1S/C43H48F2N8O7S/c1-51(18-19-54)61(58,59)50-37-11-9-34(44)40(33(37)24-46)60-30-7-10-36-32(21-30)42(57)53(25-47-36)29-22-43(23-29)14-16-52(17-15-43)28-5-2-26(3-6-28)31-8-4-27(20-35(31)45)48-38-12-13-39(55)49-41(38)56/h4,7-11,20-21,25-26,28-29,38,48,50,54H,2-3,5-6,12-19,22-23H2,1H3,(H,49,55,56). The number of hydrogen-bond acceptors (Lipinski definition) is 11. The zero-order valence-corrected chi connectivity index (χ0v) is 34.5. The lowest BCUT2D eigenvalue weighted by Crippen LogP contribution is -2.51. The van der Waals surface area contributed by atoms with Gasteiger partial charge in [0.2, 0.25) is 11.8 Å². The van der Waals surface area contributed by atoms with Gasteiger partial charge in [-0.15, -0.1) is 0 Å². The van der Waals surface area contributed by atoms with Crippen LogP contribution in [0.3, 0.4) is 0 Å². The highest BCUT2D eigenvalue weighted by atomic mass is 32.2. The second kappa shape index (κ2) is 17.1. The molecule has 2 aliphatic heterocycles. The van der Waals surface area contributed by atoms with Crippen molar-refractivity contribution >= 4 is 44.3 Å². The molecular weight excluding hydrogens is 811 g/mol. The van der Waals surface area contributed by atoms with Crippen molar-refractivity contribution in [2.45, 2.75) is 88.3 Å². The summed E-state index contributed by atoms with van der Waals surface area (Å²) >= 11 is 0. The Labute approximate surface area is 351 Å². The Morgan fingerprint density at radius 1 is 1.00 bits per heavy atom. The van der Waals surface area contributed by atoms with Crippen molar-refractivity contribution in [3.05, 3.63) is 88.0 Å². The SMILES string of the molecule is CN(CCO)S(=O)(=O)Nc1ccc(F)c(Oc2ccc3ncn(C4CC5(CCN(C6CCC(c7ccc(NC8CCC(=O)NC8=O)cc7F)CC6)CC5)C4)c(=O)c3c2)c1C#N. The number of likely N-dealkylation sites (N-methyl/N-ethyl adjacent to an activating group) is 1. The summed E-state index contributed by atoms with van der Waals surface area (Å²) in [6, 6.07) is 13.3. The maximum absolute atomic E-state index is 15.3. The number of aliphatic hydroxyl groups excluding tert-OH is 1. The Bertz CT molecular complexity index is 2560. The van der Waals surface area contributed by atoms with E-state index in [0.717, 1.165) is 80.9 Å². The molecule has 3 aromatic carbocycles. The number of nitrogens with zero attached hydrogens (tertiary/aromatic N) is 5. The van der Waals surface area contributed by atoms with Gasteiger partial charge in [0, 0.05) is 37.8 Å². The number of fused-ring (bicyclic) bond motifs is 1. The molecule has 4 aromatic rings. The van der Waals surface area contributed by atoms with Crippen molar-refractivity contribution in [1.82, 2.24) is 24.1 Å². The van der Waals surface area contributed by atoms with Crippen molar-refractivity contribution in [3.63, 3.8) is 0 Å². The number of rotatable bonds is 12. The fourth-order valence-electron chi connectivity index (χ4n) is 9.53. The molecule has 2 saturated heterocycles. The van der Waals surface area contributed by atoms with Crippen LogP contribution >= 0.6 is 0 Å². The summed E-state index contributed by atoms with van der Waals surface area (Å²) in [7, 11) is -2.94. The quantitative estimate of drug-likeness (QED) is 0.135. The number of hydrogen-bond donors (Lipinski definition) is 4. The lowest BCUT2D eigenvalue weighted by atomic mass is 9.60. The highest BCUT2D eigenvalue weighted by Gasteiger charge is 2.47. The molecule has 2 aliphatic carbocycles. The highest BCUT2D eigenvalue weighted by molar-refractivity contribution is 7.90. The van der Waals surface area contributed by atoms with Crippen LogP contribution in [-0.4, -0.2) is 89.5 Å². The number of likely N-dealkylation sites (tertiary alicyclic amines) is 1. The third-order valence-electron chi connectivity index (χ3n) is 13.1. The Morgan fingerprint density at radius 3 is 2.44 bits per heavy atom. The lowest BCUT2D eigenvalue weighted by Gasteiger charge is -2.54. The van der Waals surface area contributed by atoms with Gasteiger partial charge in [0.1, 0.15) is 29.2 Å². The predicted molar refractivity (Wildman–Crippen MR) is 222 cm³/mol. The average molecular weight is 859 g/mol. The number of ether oxygens (including phenoxy) is 1. The first-order chi connectivity index (χ1) is 29.3. The van der Waals surface area contributed by atoms with E-state index in [-0.39, 0.29) is 64.4 Å². The van der Waals surface area contributed by atoms with Crippen LogP contribution in [0, 0.1) is 28.4 Å². The van der Waals surface area contributed by atoms with Crippen LogP contribution in [0.4, 0.5) is 20.2 Å². The van der Waals surface area contributed by atoms with Crippen molar-refractivity contribution in [2.75, 3.05) is 43.3 Å². The number of halogens is 2. The summed E-state index contributed by atoms with van der Waals surface area (Å²) in [6.07, 6.45) is 9.67. The largest absolute Gasteiger partial charge is 0.453 e. The Kier molecular flexibility index (Phi) is 11.8. The Morgan fingerprint density at radius 2 is 1.75 bits per heavy atom. The van der Waals surface area contributed by atoms with Gasteiger partial charge in [-0.1, -0.05) is 6.07 Å². The van der Waals surface area contributed by atoms with E-state index >= 15 is 8.78 Å². The van der Waals surface area contributed by atoms with E-state index in [1.807, 2.05) is 18.2 Å². The molecule has 4 N–H and O–H groups in total. The Hall–Kier alpha value is -5.48. The van der Waals surface area contributed by atoms with Crippen LogP contribution in [0.25, 0.3) is 10.9 Å². The van der Waals surface area contributed by atoms with E-state index in [1.54, 1.807) is 17.0 Å². The van der Waals surface area contributed by atoms with Crippen molar-refractivity contribution in [2.24, 2.45) is 5.41 Å². The van der Waals surface area contributed by atoms with Crippen LogP contribution in [0.15, 0.2) is 59.7 Å². The van der Waals surface area contributed by atoms with Crippen LogP contribution in [0.1, 0.15) is 87.3 Å². The molecule has 322 valence electrons. The van der Waals surface area contributed by atoms with E-state index in [4.69, 9.17) is 9.84 Å². The number of nitrogens with one attached hydrogen (secondary N) is 3.